The molecular weight excluding hydrogens is 252 g/mol. The summed E-state index contributed by atoms with van der Waals surface area (Å²) in [4.78, 5) is 10.7. The number of hydrogen-bond donors (Lipinski definition) is 1. The molecular formula is C17H18O3. The third-order valence-corrected chi connectivity index (χ3v) is 3.15. The summed E-state index contributed by atoms with van der Waals surface area (Å²) in [5.41, 5.74) is 3.04. The molecule has 0 aromatic heterocycles. The first kappa shape index (κ1) is 14.1. The maximum absolute atomic E-state index is 10.7. The Balaban J connectivity index is 2.39. The van der Waals surface area contributed by atoms with E-state index in [1.54, 1.807) is 12.1 Å². The molecule has 0 fully saturated rings. The van der Waals surface area contributed by atoms with Gasteiger partial charge in [0.1, 0.15) is 5.75 Å². The SMILES string of the molecule is CC(C)(C)c1ccc(-c2ccccc2OC(=O)O)cc1. The molecule has 0 heterocycles. The van der Waals surface area contributed by atoms with Gasteiger partial charge < -0.3 is 9.84 Å². The van der Waals surface area contributed by atoms with Crippen LogP contribution in [0.4, 0.5) is 4.79 Å². The Labute approximate surface area is 118 Å². The number of hydrogen-bond acceptors (Lipinski definition) is 2. The molecule has 2 aromatic carbocycles. The van der Waals surface area contributed by atoms with Crippen LogP contribution in [0.3, 0.4) is 0 Å². The molecule has 20 heavy (non-hydrogen) atoms. The smallest absolute Gasteiger partial charge is 0.449 e. The van der Waals surface area contributed by atoms with E-state index in [0.29, 0.717) is 5.75 Å². The molecule has 0 saturated heterocycles. The zero-order valence-corrected chi connectivity index (χ0v) is 11.9. The lowest BCUT2D eigenvalue weighted by Crippen LogP contribution is -2.10. The fraction of sp³-hybridized carbons (Fsp3) is 0.235. The molecule has 2 rings (SSSR count). The van der Waals surface area contributed by atoms with Crippen molar-refractivity contribution in [2.24, 2.45) is 0 Å². The molecule has 0 atom stereocenters. The third kappa shape index (κ3) is 3.18. The average molecular weight is 270 g/mol. The van der Waals surface area contributed by atoms with E-state index >= 15 is 0 Å². The zero-order valence-electron chi connectivity index (χ0n) is 11.9. The molecule has 0 spiro atoms. The van der Waals surface area contributed by atoms with Crippen molar-refractivity contribution in [3.63, 3.8) is 0 Å². The standard InChI is InChI=1S/C17H18O3/c1-17(2,3)13-10-8-12(9-11-13)14-6-4-5-7-15(14)20-16(18)19/h4-11H,1-3H3,(H,18,19). The molecule has 1 N–H and O–H groups in total. The molecule has 0 radical (unpaired) electrons. The van der Waals surface area contributed by atoms with Crippen LogP contribution in [0.2, 0.25) is 0 Å². The lowest BCUT2D eigenvalue weighted by atomic mass is 9.86. The minimum Gasteiger partial charge on any atom is -0.449 e. The third-order valence-electron chi connectivity index (χ3n) is 3.15. The van der Waals surface area contributed by atoms with Crippen molar-refractivity contribution in [1.29, 1.82) is 0 Å². The number of ether oxygens (including phenoxy) is 1. The van der Waals surface area contributed by atoms with Gasteiger partial charge in [-0.05, 0) is 22.6 Å². The summed E-state index contributed by atoms with van der Waals surface area (Å²) in [6.07, 6.45) is -1.30. The molecule has 0 saturated carbocycles. The van der Waals surface area contributed by atoms with Crippen molar-refractivity contribution >= 4 is 6.16 Å². The minimum absolute atomic E-state index is 0.0929. The van der Waals surface area contributed by atoms with Gasteiger partial charge in [0.2, 0.25) is 0 Å². The van der Waals surface area contributed by atoms with Crippen molar-refractivity contribution in [3.8, 4) is 16.9 Å². The van der Waals surface area contributed by atoms with Gasteiger partial charge in [-0.15, -0.1) is 0 Å². The van der Waals surface area contributed by atoms with E-state index in [1.165, 1.54) is 5.56 Å². The molecule has 0 amide bonds. The van der Waals surface area contributed by atoms with Gasteiger partial charge in [-0.25, -0.2) is 4.79 Å². The number of rotatable bonds is 2. The number of carboxylic acid groups (broad SMARTS) is 1. The summed E-state index contributed by atoms with van der Waals surface area (Å²) in [5, 5.41) is 8.77. The fourth-order valence-corrected chi connectivity index (χ4v) is 2.04. The molecule has 0 aliphatic heterocycles. The summed E-state index contributed by atoms with van der Waals surface area (Å²) in [5.74, 6) is 0.350. The van der Waals surface area contributed by atoms with Crippen LogP contribution < -0.4 is 4.74 Å². The Bertz CT molecular complexity index is 607. The van der Waals surface area contributed by atoms with E-state index in [2.05, 4.69) is 32.9 Å². The van der Waals surface area contributed by atoms with Crippen LogP contribution in [0.1, 0.15) is 26.3 Å². The minimum atomic E-state index is -1.30. The van der Waals surface area contributed by atoms with Crippen molar-refractivity contribution in [2.45, 2.75) is 26.2 Å². The second-order valence-electron chi connectivity index (χ2n) is 5.69. The number of carbonyl (C=O) groups is 1. The summed E-state index contributed by atoms with van der Waals surface area (Å²) in [7, 11) is 0. The summed E-state index contributed by atoms with van der Waals surface area (Å²) in [6, 6.07) is 15.2. The van der Waals surface area contributed by atoms with Crippen molar-refractivity contribution in [1.82, 2.24) is 0 Å². The number of benzene rings is 2. The van der Waals surface area contributed by atoms with E-state index in [4.69, 9.17) is 9.84 Å². The van der Waals surface area contributed by atoms with E-state index in [1.807, 2.05) is 24.3 Å². The van der Waals surface area contributed by atoms with Gasteiger partial charge in [-0.2, -0.15) is 0 Å². The largest absolute Gasteiger partial charge is 0.511 e. The molecule has 0 bridgehead atoms. The Hall–Kier alpha value is -2.29. The average Bonchev–Trinajstić information content (AvgIpc) is 2.38. The molecule has 104 valence electrons. The van der Waals surface area contributed by atoms with Gasteiger partial charge in [0.25, 0.3) is 0 Å². The van der Waals surface area contributed by atoms with E-state index < -0.39 is 6.16 Å². The zero-order chi connectivity index (χ0) is 14.8. The highest BCUT2D eigenvalue weighted by atomic mass is 16.7. The maximum atomic E-state index is 10.7. The molecule has 3 nitrogen and oxygen atoms in total. The van der Waals surface area contributed by atoms with Gasteiger partial charge in [0.15, 0.2) is 0 Å². The highest BCUT2D eigenvalue weighted by Gasteiger charge is 2.14. The quantitative estimate of drug-likeness (QED) is 0.635. The van der Waals surface area contributed by atoms with E-state index in [-0.39, 0.29) is 5.41 Å². The predicted molar refractivity (Wildman–Crippen MR) is 79.2 cm³/mol. The Kier molecular flexibility index (Phi) is 3.79. The highest BCUT2D eigenvalue weighted by Crippen LogP contribution is 2.31. The normalized spacial score (nSPS) is 11.2. The number of para-hydroxylation sites is 1. The second-order valence-corrected chi connectivity index (χ2v) is 5.69. The van der Waals surface area contributed by atoms with Gasteiger partial charge in [0, 0.05) is 5.56 Å². The van der Waals surface area contributed by atoms with Crippen LogP contribution in [0.25, 0.3) is 11.1 Å². The van der Waals surface area contributed by atoms with Crippen LogP contribution in [0, 0.1) is 0 Å². The van der Waals surface area contributed by atoms with Gasteiger partial charge in [-0.1, -0.05) is 63.2 Å². The maximum Gasteiger partial charge on any atom is 0.511 e. The van der Waals surface area contributed by atoms with Crippen LogP contribution in [0.15, 0.2) is 48.5 Å². The Morgan fingerprint density at radius 2 is 1.60 bits per heavy atom. The van der Waals surface area contributed by atoms with Crippen molar-refractivity contribution in [3.05, 3.63) is 54.1 Å². The molecule has 0 aliphatic carbocycles. The van der Waals surface area contributed by atoms with Crippen molar-refractivity contribution < 1.29 is 14.6 Å². The predicted octanol–water partition coefficient (Wildman–Crippen LogP) is 4.71. The van der Waals surface area contributed by atoms with Gasteiger partial charge >= 0.3 is 6.16 Å². The molecule has 2 aromatic rings. The first-order valence-corrected chi connectivity index (χ1v) is 6.48. The van der Waals surface area contributed by atoms with Crippen molar-refractivity contribution in [2.75, 3.05) is 0 Å². The second kappa shape index (κ2) is 5.37. The first-order valence-electron chi connectivity index (χ1n) is 6.48. The highest BCUT2D eigenvalue weighted by molar-refractivity contribution is 5.74. The van der Waals surface area contributed by atoms with Gasteiger partial charge in [0.05, 0.1) is 0 Å². The van der Waals surface area contributed by atoms with Crippen LogP contribution in [-0.4, -0.2) is 11.3 Å². The molecule has 3 heteroatoms. The lowest BCUT2D eigenvalue weighted by molar-refractivity contribution is 0.144. The lowest BCUT2D eigenvalue weighted by Gasteiger charge is -2.19. The van der Waals surface area contributed by atoms with Crippen LogP contribution in [0.5, 0.6) is 5.75 Å². The topological polar surface area (TPSA) is 46.5 Å². The Morgan fingerprint density at radius 3 is 2.15 bits per heavy atom. The summed E-state index contributed by atoms with van der Waals surface area (Å²) in [6.45, 7) is 6.47. The summed E-state index contributed by atoms with van der Waals surface area (Å²) < 4.78 is 4.81. The first-order chi connectivity index (χ1) is 9.38. The van der Waals surface area contributed by atoms with Gasteiger partial charge in [-0.3, -0.25) is 0 Å². The molecule has 0 unspecified atom stereocenters. The fourth-order valence-electron chi connectivity index (χ4n) is 2.04. The van der Waals surface area contributed by atoms with E-state index in [9.17, 15) is 4.79 Å². The summed E-state index contributed by atoms with van der Waals surface area (Å²) >= 11 is 0. The molecule has 0 aliphatic rings. The monoisotopic (exact) mass is 270 g/mol. The van der Waals surface area contributed by atoms with Crippen LogP contribution >= 0.6 is 0 Å². The van der Waals surface area contributed by atoms with Crippen LogP contribution in [-0.2, 0) is 5.41 Å². The van der Waals surface area contributed by atoms with E-state index in [0.717, 1.165) is 11.1 Å². The Morgan fingerprint density at radius 1 is 1.00 bits per heavy atom.